The molecule has 1 aromatic rings. The average Bonchev–Trinajstić information content (AvgIpc) is 2.49. The Morgan fingerprint density at radius 2 is 2.00 bits per heavy atom. The normalized spacial score (nSPS) is 16.2. The molecule has 0 aliphatic carbocycles. The largest absolute Gasteiger partial charge is 0.493 e. The molecular formula is C14H20ClFN2O2. The number of nitrogens with zero attached hydrogens (tertiary/aromatic N) is 1. The van der Waals surface area contributed by atoms with E-state index in [1.165, 1.54) is 14.2 Å². The zero-order valence-corrected chi connectivity index (χ0v) is 12.6. The number of nitrogens with one attached hydrogen (secondary N) is 1. The van der Waals surface area contributed by atoms with Crippen LogP contribution in [0.25, 0.3) is 0 Å². The lowest BCUT2D eigenvalue weighted by molar-refractivity contribution is 0.243. The van der Waals surface area contributed by atoms with Crippen LogP contribution >= 0.6 is 11.6 Å². The van der Waals surface area contributed by atoms with Crippen LogP contribution in [0.2, 0.25) is 5.02 Å². The molecule has 1 saturated heterocycles. The summed E-state index contributed by atoms with van der Waals surface area (Å²) in [6.45, 7) is 4.75. The molecule has 0 radical (unpaired) electrons. The van der Waals surface area contributed by atoms with Crippen molar-refractivity contribution in [3.8, 4) is 11.5 Å². The Labute approximate surface area is 123 Å². The van der Waals surface area contributed by atoms with Gasteiger partial charge in [0, 0.05) is 32.7 Å². The minimum absolute atomic E-state index is 0.0119. The van der Waals surface area contributed by atoms with E-state index in [-0.39, 0.29) is 10.8 Å². The molecule has 1 aromatic carbocycles. The van der Waals surface area contributed by atoms with Crippen LogP contribution < -0.4 is 14.8 Å². The Morgan fingerprint density at radius 1 is 1.30 bits per heavy atom. The summed E-state index contributed by atoms with van der Waals surface area (Å²) >= 11 is 6.00. The molecule has 2 rings (SSSR count). The Balaban J connectivity index is 2.12. The van der Waals surface area contributed by atoms with Crippen molar-refractivity contribution in [2.45, 2.75) is 6.42 Å². The van der Waals surface area contributed by atoms with Gasteiger partial charge in [-0.3, -0.25) is 0 Å². The van der Waals surface area contributed by atoms with Gasteiger partial charge in [-0.15, -0.1) is 0 Å². The van der Waals surface area contributed by atoms with Crippen molar-refractivity contribution in [1.29, 1.82) is 0 Å². The Bertz CT molecular complexity index is 465. The van der Waals surface area contributed by atoms with Crippen LogP contribution in [0.1, 0.15) is 5.56 Å². The highest BCUT2D eigenvalue weighted by Gasteiger charge is 2.19. The van der Waals surface area contributed by atoms with Gasteiger partial charge in [0.05, 0.1) is 14.2 Å². The molecule has 6 heteroatoms. The van der Waals surface area contributed by atoms with E-state index >= 15 is 0 Å². The molecule has 0 aromatic heterocycles. The van der Waals surface area contributed by atoms with Crippen LogP contribution in [0.4, 0.5) is 4.39 Å². The summed E-state index contributed by atoms with van der Waals surface area (Å²) in [6.07, 6.45) is 0.603. The Morgan fingerprint density at radius 3 is 2.60 bits per heavy atom. The number of rotatable bonds is 5. The van der Waals surface area contributed by atoms with Crippen molar-refractivity contribution in [1.82, 2.24) is 10.2 Å². The molecule has 4 nitrogen and oxygen atoms in total. The standard InChI is InChI=1S/C14H20ClFN2O2/c1-19-11-9-10(13(16)12(15)14(11)20-2)3-6-18-7-4-17-5-8-18/h9,17H,3-8H2,1-2H3. The predicted molar refractivity (Wildman–Crippen MR) is 77.5 cm³/mol. The zero-order valence-electron chi connectivity index (χ0n) is 11.8. The first-order chi connectivity index (χ1) is 9.67. The first kappa shape index (κ1) is 15.4. The third-order valence-electron chi connectivity index (χ3n) is 3.53. The van der Waals surface area contributed by atoms with Gasteiger partial charge in [-0.05, 0) is 18.1 Å². The van der Waals surface area contributed by atoms with E-state index in [2.05, 4.69) is 10.2 Å². The van der Waals surface area contributed by atoms with E-state index in [0.717, 1.165) is 32.7 Å². The molecule has 1 heterocycles. The summed E-state index contributed by atoms with van der Waals surface area (Å²) in [4.78, 5) is 2.31. The molecule has 1 aliphatic rings. The van der Waals surface area contributed by atoms with Crippen molar-refractivity contribution in [3.05, 3.63) is 22.5 Å². The quantitative estimate of drug-likeness (QED) is 0.901. The van der Waals surface area contributed by atoms with Gasteiger partial charge < -0.3 is 19.7 Å². The first-order valence-electron chi connectivity index (χ1n) is 6.69. The highest BCUT2D eigenvalue weighted by atomic mass is 35.5. The number of hydrogen-bond acceptors (Lipinski definition) is 4. The number of benzene rings is 1. The molecule has 20 heavy (non-hydrogen) atoms. The average molecular weight is 303 g/mol. The van der Waals surface area contributed by atoms with Crippen molar-refractivity contribution in [3.63, 3.8) is 0 Å². The van der Waals surface area contributed by atoms with Gasteiger partial charge in [0.1, 0.15) is 10.8 Å². The van der Waals surface area contributed by atoms with Crippen molar-refractivity contribution >= 4 is 11.6 Å². The second kappa shape index (κ2) is 7.11. The molecule has 0 amide bonds. The maximum atomic E-state index is 14.2. The van der Waals surface area contributed by atoms with Crippen LogP contribution in [0.15, 0.2) is 6.07 Å². The minimum Gasteiger partial charge on any atom is -0.493 e. The van der Waals surface area contributed by atoms with Gasteiger partial charge in [0.25, 0.3) is 0 Å². The van der Waals surface area contributed by atoms with Gasteiger partial charge in [0.15, 0.2) is 11.5 Å². The summed E-state index contributed by atoms with van der Waals surface area (Å²) in [5.41, 5.74) is 0.561. The lowest BCUT2D eigenvalue weighted by atomic mass is 10.1. The monoisotopic (exact) mass is 302 g/mol. The SMILES string of the molecule is COc1cc(CCN2CCNCC2)c(F)c(Cl)c1OC. The number of halogens is 2. The van der Waals surface area contributed by atoms with E-state index in [4.69, 9.17) is 21.1 Å². The second-order valence-corrected chi connectivity index (χ2v) is 5.12. The number of ether oxygens (including phenoxy) is 2. The maximum absolute atomic E-state index is 14.2. The molecule has 0 spiro atoms. The van der Waals surface area contributed by atoms with Crippen molar-refractivity contribution in [2.75, 3.05) is 46.9 Å². The molecule has 0 saturated carbocycles. The summed E-state index contributed by atoms with van der Waals surface area (Å²) in [6, 6.07) is 1.67. The van der Waals surface area contributed by atoms with Gasteiger partial charge in [-0.2, -0.15) is 0 Å². The number of piperazine rings is 1. The fourth-order valence-electron chi connectivity index (χ4n) is 2.37. The molecular weight excluding hydrogens is 283 g/mol. The molecule has 112 valence electrons. The van der Waals surface area contributed by atoms with Gasteiger partial charge >= 0.3 is 0 Å². The van der Waals surface area contributed by atoms with Crippen molar-refractivity contribution < 1.29 is 13.9 Å². The van der Waals surface area contributed by atoms with E-state index < -0.39 is 5.82 Å². The lowest BCUT2D eigenvalue weighted by Crippen LogP contribution is -2.44. The van der Waals surface area contributed by atoms with Crippen LogP contribution in [0, 0.1) is 5.82 Å². The van der Waals surface area contributed by atoms with Crippen LogP contribution in [0.3, 0.4) is 0 Å². The van der Waals surface area contributed by atoms with Crippen molar-refractivity contribution in [2.24, 2.45) is 0 Å². The first-order valence-corrected chi connectivity index (χ1v) is 7.07. The highest BCUT2D eigenvalue weighted by molar-refractivity contribution is 6.32. The second-order valence-electron chi connectivity index (χ2n) is 4.74. The topological polar surface area (TPSA) is 33.7 Å². The molecule has 1 N–H and O–H groups in total. The van der Waals surface area contributed by atoms with Gasteiger partial charge in [-0.25, -0.2) is 4.39 Å². The van der Waals surface area contributed by atoms with E-state index in [9.17, 15) is 4.39 Å². The van der Waals surface area contributed by atoms with Crippen LogP contribution in [-0.2, 0) is 6.42 Å². The fraction of sp³-hybridized carbons (Fsp3) is 0.571. The summed E-state index contributed by atoms with van der Waals surface area (Å²) in [7, 11) is 2.97. The predicted octanol–water partition coefficient (Wildman–Crippen LogP) is 1.94. The van der Waals surface area contributed by atoms with E-state index in [0.29, 0.717) is 17.7 Å². The smallest absolute Gasteiger partial charge is 0.182 e. The number of methoxy groups -OCH3 is 2. The molecule has 0 unspecified atom stereocenters. The maximum Gasteiger partial charge on any atom is 0.182 e. The zero-order chi connectivity index (χ0) is 14.5. The third kappa shape index (κ3) is 3.34. The highest BCUT2D eigenvalue weighted by Crippen LogP contribution is 2.38. The van der Waals surface area contributed by atoms with Crippen LogP contribution in [-0.4, -0.2) is 51.8 Å². The van der Waals surface area contributed by atoms with E-state index in [1.54, 1.807) is 6.07 Å². The summed E-state index contributed by atoms with van der Waals surface area (Å²) in [5, 5.41) is 3.28. The van der Waals surface area contributed by atoms with Crippen LogP contribution in [0.5, 0.6) is 11.5 Å². The summed E-state index contributed by atoms with van der Waals surface area (Å²) in [5.74, 6) is 0.297. The molecule has 0 atom stereocenters. The minimum atomic E-state index is -0.417. The fourth-order valence-corrected chi connectivity index (χ4v) is 2.66. The van der Waals surface area contributed by atoms with Gasteiger partial charge in [-0.1, -0.05) is 11.6 Å². The van der Waals surface area contributed by atoms with E-state index in [1.807, 2.05) is 0 Å². The summed E-state index contributed by atoms with van der Waals surface area (Å²) < 4.78 is 24.5. The Kier molecular flexibility index (Phi) is 5.46. The lowest BCUT2D eigenvalue weighted by Gasteiger charge is -2.27. The molecule has 1 fully saturated rings. The third-order valence-corrected chi connectivity index (χ3v) is 3.87. The Hall–Kier alpha value is -1.04. The number of hydrogen-bond donors (Lipinski definition) is 1. The molecule has 1 aliphatic heterocycles. The van der Waals surface area contributed by atoms with Gasteiger partial charge in [0.2, 0.25) is 0 Å². The molecule has 0 bridgehead atoms.